The zero-order valence-corrected chi connectivity index (χ0v) is 10.3. The summed E-state index contributed by atoms with van der Waals surface area (Å²) >= 11 is 5.77. The molecule has 0 heterocycles. The van der Waals surface area contributed by atoms with Crippen molar-refractivity contribution in [3.63, 3.8) is 0 Å². The first-order chi connectivity index (χ1) is 7.37. The lowest BCUT2D eigenvalue weighted by atomic mass is 10.3. The van der Waals surface area contributed by atoms with Crippen molar-refractivity contribution in [3.8, 4) is 5.75 Å². The smallest absolute Gasteiger partial charge is 0.274 e. The van der Waals surface area contributed by atoms with E-state index in [0.29, 0.717) is 10.8 Å². The van der Waals surface area contributed by atoms with Crippen molar-refractivity contribution in [3.05, 3.63) is 29.3 Å². The molecule has 0 amide bonds. The van der Waals surface area contributed by atoms with E-state index in [0.717, 1.165) is 0 Å². The van der Waals surface area contributed by atoms with Crippen LogP contribution < -0.4 is 14.6 Å². The van der Waals surface area contributed by atoms with E-state index in [9.17, 15) is 8.42 Å². The van der Waals surface area contributed by atoms with Crippen molar-refractivity contribution in [2.24, 2.45) is 5.14 Å². The van der Waals surface area contributed by atoms with Crippen LogP contribution in [0.1, 0.15) is 6.92 Å². The van der Waals surface area contributed by atoms with Crippen molar-refractivity contribution < 1.29 is 13.2 Å². The van der Waals surface area contributed by atoms with Crippen LogP contribution in [0.15, 0.2) is 24.3 Å². The van der Waals surface area contributed by atoms with E-state index < -0.39 is 10.2 Å². The maximum Gasteiger partial charge on any atom is 0.274 e. The molecule has 3 N–H and O–H groups in total. The van der Waals surface area contributed by atoms with Crippen LogP contribution >= 0.6 is 11.6 Å². The zero-order valence-electron chi connectivity index (χ0n) is 8.68. The van der Waals surface area contributed by atoms with Crippen LogP contribution in [0, 0.1) is 0 Å². The predicted octanol–water partition coefficient (Wildman–Crippen LogP) is 0.900. The van der Waals surface area contributed by atoms with Gasteiger partial charge in [0, 0.05) is 11.6 Å². The second-order valence-electron chi connectivity index (χ2n) is 3.28. The minimum atomic E-state index is -3.68. The number of nitrogens with one attached hydrogen (secondary N) is 1. The van der Waals surface area contributed by atoms with Crippen molar-refractivity contribution in [1.29, 1.82) is 0 Å². The second kappa shape index (κ2) is 5.49. The SMILES string of the molecule is C[C@H](CNS(N)(=O)=O)Oc1cccc(Cl)c1. The molecular formula is C9H13ClN2O3S. The molecule has 0 spiro atoms. The highest BCUT2D eigenvalue weighted by Gasteiger charge is 2.08. The fourth-order valence-electron chi connectivity index (χ4n) is 1.05. The molecular weight excluding hydrogens is 252 g/mol. The Morgan fingerprint density at radius 3 is 2.81 bits per heavy atom. The van der Waals surface area contributed by atoms with Gasteiger partial charge in [0.25, 0.3) is 10.2 Å². The molecule has 1 aromatic carbocycles. The number of rotatable bonds is 5. The van der Waals surface area contributed by atoms with Crippen molar-refractivity contribution >= 4 is 21.8 Å². The molecule has 0 bridgehead atoms. The summed E-state index contributed by atoms with van der Waals surface area (Å²) < 4.78 is 28.8. The fourth-order valence-corrected chi connectivity index (χ4v) is 1.70. The lowest BCUT2D eigenvalue weighted by molar-refractivity contribution is 0.225. The monoisotopic (exact) mass is 264 g/mol. The normalized spacial score (nSPS) is 13.4. The summed E-state index contributed by atoms with van der Waals surface area (Å²) in [5.74, 6) is 0.580. The zero-order chi connectivity index (χ0) is 12.2. The first-order valence-electron chi connectivity index (χ1n) is 4.56. The minimum absolute atomic E-state index is 0.103. The molecule has 0 saturated heterocycles. The van der Waals surface area contributed by atoms with Gasteiger partial charge in [0.2, 0.25) is 0 Å². The Morgan fingerprint density at radius 1 is 1.56 bits per heavy atom. The van der Waals surface area contributed by atoms with Gasteiger partial charge < -0.3 is 4.74 Å². The maximum absolute atomic E-state index is 10.6. The van der Waals surface area contributed by atoms with Gasteiger partial charge in [-0.25, -0.2) is 5.14 Å². The Hall–Kier alpha value is -0.820. The highest BCUT2D eigenvalue weighted by Crippen LogP contribution is 2.18. The van der Waals surface area contributed by atoms with Gasteiger partial charge in [-0.1, -0.05) is 17.7 Å². The van der Waals surface area contributed by atoms with Crippen molar-refractivity contribution in [2.75, 3.05) is 6.54 Å². The van der Waals surface area contributed by atoms with Gasteiger partial charge in [0.05, 0.1) is 0 Å². The number of benzene rings is 1. The molecule has 1 atom stereocenters. The third-order valence-electron chi connectivity index (χ3n) is 1.71. The molecule has 0 aliphatic heterocycles. The van der Waals surface area contributed by atoms with E-state index in [1.54, 1.807) is 31.2 Å². The second-order valence-corrected chi connectivity index (χ2v) is 5.09. The Morgan fingerprint density at radius 2 is 2.25 bits per heavy atom. The molecule has 1 aromatic rings. The van der Waals surface area contributed by atoms with Gasteiger partial charge in [-0.2, -0.15) is 13.1 Å². The molecule has 5 nitrogen and oxygen atoms in total. The molecule has 0 aliphatic rings. The third-order valence-corrected chi connectivity index (χ3v) is 2.51. The Labute approximate surface area is 99.7 Å². The number of hydrogen-bond acceptors (Lipinski definition) is 3. The summed E-state index contributed by atoms with van der Waals surface area (Å²) in [4.78, 5) is 0. The molecule has 0 aliphatic carbocycles. The van der Waals surface area contributed by atoms with Crippen LogP contribution in [0.2, 0.25) is 5.02 Å². The van der Waals surface area contributed by atoms with Gasteiger partial charge in [-0.15, -0.1) is 0 Å². The maximum atomic E-state index is 10.6. The molecule has 0 aromatic heterocycles. The van der Waals surface area contributed by atoms with Crippen LogP contribution in [0.25, 0.3) is 0 Å². The average Bonchev–Trinajstić information content (AvgIpc) is 2.14. The van der Waals surface area contributed by atoms with Crippen LogP contribution in [0.4, 0.5) is 0 Å². The Kier molecular flexibility index (Phi) is 4.55. The largest absolute Gasteiger partial charge is 0.489 e. The van der Waals surface area contributed by atoms with Crippen LogP contribution in [0.5, 0.6) is 5.75 Å². The molecule has 0 unspecified atom stereocenters. The average molecular weight is 265 g/mol. The molecule has 7 heteroatoms. The fraction of sp³-hybridized carbons (Fsp3) is 0.333. The quantitative estimate of drug-likeness (QED) is 0.829. The Balaban J connectivity index is 2.49. The molecule has 90 valence electrons. The van der Waals surface area contributed by atoms with E-state index in [-0.39, 0.29) is 12.6 Å². The summed E-state index contributed by atoms with van der Waals surface area (Å²) in [6.45, 7) is 1.82. The van der Waals surface area contributed by atoms with Crippen LogP contribution in [-0.2, 0) is 10.2 Å². The third kappa shape index (κ3) is 5.32. The predicted molar refractivity (Wildman–Crippen MR) is 62.7 cm³/mol. The summed E-state index contributed by atoms with van der Waals surface area (Å²) in [5, 5.41) is 5.35. The lowest BCUT2D eigenvalue weighted by Crippen LogP contribution is -2.37. The Bertz CT molecular complexity index is 450. The summed E-state index contributed by atoms with van der Waals surface area (Å²) in [6, 6.07) is 6.85. The summed E-state index contributed by atoms with van der Waals surface area (Å²) in [6.07, 6.45) is -0.336. The van der Waals surface area contributed by atoms with Gasteiger partial charge in [-0.3, -0.25) is 0 Å². The minimum Gasteiger partial charge on any atom is -0.489 e. The molecule has 0 fully saturated rings. The molecule has 1 rings (SSSR count). The van der Waals surface area contributed by atoms with E-state index in [1.165, 1.54) is 0 Å². The highest BCUT2D eigenvalue weighted by molar-refractivity contribution is 7.87. The number of hydrogen-bond donors (Lipinski definition) is 2. The van der Waals surface area contributed by atoms with Gasteiger partial charge in [-0.05, 0) is 25.1 Å². The highest BCUT2D eigenvalue weighted by atomic mass is 35.5. The number of nitrogens with two attached hydrogens (primary N) is 1. The van der Waals surface area contributed by atoms with E-state index in [1.807, 2.05) is 0 Å². The van der Waals surface area contributed by atoms with Gasteiger partial charge in [0.1, 0.15) is 11.9 Å². The van der Waals surface area contributed by atoms with Crippen LogP contribution in [-0.4, -0.2) is 21.1 Å². The number of halogens is 1. The van der Waals surface area contributed by atoms with Crippen molar-refractivity contribution in [1.82, 2.24) is 4.72 Å². The number of ether oxygens (including phenoxy) is 1. The van der Waals surface area contributed by atoms with Gasteiger partial charge in [0.15, 0.2) is 0 Å². The van der Waals surface area contributed by atoms with Crippen molar-refractivity contribution in [2.45, 2.75) is 13.0 Å². The van der Waals surface area contributed by atoms with E-state index >= 15 is 0 Å². The molecule has 0 saturated carbocycles. The van der Waals surface area contributed by atoms with E-state index in [2.05, 4.69) is 4.72 Å². The first-order valence-corrected chi connectivity index (χ1v) is 6.49. The van der Waals surface area contributed by atoms with E-state index in [4.69, 9.17) is 21.5 Å². The lowest BCUT2D eigenvalue weighted by Gasteiger charge is -2.14. The summed E-state index contributed by atoms with van der Waals surface area (Å²) in [7, 11) is -3.68. The van der Waals surface area contributed by atoms with Gasteiger partial charge >= 0.3 is 0 Å². The summed E-state index contributed by atoms with van der Waals surface area (Å²) in [5.41, 5.74) is 0. The molecule has 16 heavy (non-hydrogen) atoms. The standard InChI is InChI=1S/C9H13ClN2O3S/c1-7(6-12-16(11,13)14)15-9-4-2-3-8(10)5-9/h2-5,7,12H,6H2,1H3,(H2,11,13,14)/t7-/m1/s1. The topological polar surface area (TPSA) is 81.4 Å². The van der Waals surface area contributed by atoms with Crippen LogP contribution in [0.3, 0.4) is 0 Å². The molecule has 0 radical (unpaired) electrons. The first kappa shape index (κ1) is 13.2.